The van der Waals surface area contributed by atoms with Gasteiger partial charge < -0.3 is 0 Å². The van der Waals surface area contributed by atoms with Crippen LogP contribution in [0.25, 0.3) is 10.4 Å². The van der Waals surface area contributed by atoms with Crippen molar-refractivity contribution >= 4 is 0 Å². The number of nitrogens with zero attached hydrogens (tertiary/aromatic N) is 3. The Bertz CT molecular complexity index is 332. The minimum absolute atomic E-state index is 0. The molecule has 0 aliphatic heterocycles. The van der Waals surface area contributed by atoms with Crippen molar-refractivity contribution in [3.05, 3.63) is 45.8 Å². The first-order valence-electron chi connectivity index (χ1n) is 3.19. The Balaban J connectivity index is 0.00000144. The summed E-state index contributed by atoms with van der Waals surface area (Å²) >= 11 is 0. The maximum Gasteiger partial charge on any atom is 0.126 e. The van der Waals surface area contributed by atoms with Gasteiger partial charge in [-0.15, -0.1) is 0 Å². The molecule has 0 saturated heterocycles. The Kier molecular flexibility index (Phi) is 4.48. The molecule has 0 heterocycles. The molecule has 0 N–H and O–H groups in total. The van der Waals surface area contributed by atoms with E-state index in [1.54, 1.807) is 0 Å². The van der Waals surface area contributed by atoms with Crippen molar-refractivity contribution in [3.8, 4) is 0 Å². The minimum Gasteiger partial charge on any atom is -0.207 e. The van der Waals surface area contributed by atoms with Gasteiger partial charge in [0.1, 0.15) is 11.6 Å². The van der Waals surface area contributed by atoms with Crippen molar-refractivity contribution in [2.24, 2.45) is 5.11 Å². The molecule has 0 atom stereocenters. The SMILES string of the molecule is C.[N-]=[N+]=NCc1cc(F)ccc1F. The van der Waals surface area contributed by atoms with E-state index in [2.05, 4.69) is 10.0 Å². The van der Waals surface area contributed by atoms with Crippen LogP contribution in [-0.4, -0.2) is 0 Å². The third-order valence-electron chi connectivity index (χ3n) is 1.31. The molecule has 0 bridgehead atoms. The van der Waals surface area contributed by atoms with Crippen LogP contribution in [0.3, 0.4) is 0 Å². The van der Waals surface area contributed by atoms with Crippen LogP contribution in [0.4, 0.5) is 8.78 Å². The van der Waals surface area contributed by atoms with E-state index in [0.29, 0.717) is 0 Å². The maximum absolute atomic E-state index is 12.7. The predicted octanol–water partition coefficient (Wildman–Crippen LogP) is 3.41. The topological polar surface area (TPSA) is 48.8 Å². The van der Waals surface area contributed by atoms with Crippen LogP contribution in [0.1, 0.15) is 13.0 Å². The summed E-state index contributed by atoms with van der Waals surface area (Å²) < 4.78 is 25.2. The molecular formula is C8H9F2N3. The lowest BCUT2D eigenvalue weighted by Crippen LogP contribution is -1.88. The molecular weight excluding hydrogens is 176 g/mol. The Morgan fingerprint density at radius 1 is 1.38 bits per heavy atom. The van der Waals surface area contributed by atoms with Gasteiger partial charge in [0.15, 0.2) is 0 Å². The van der Waals surface area contributed by atoms with Crippen molar-refractivity contribution in [1.29, 1.82) is 0 Å². The van der Waals surface area contributed by atoms with Gasteiger partial charge >= 0.3 is 0 Å². The fraction of sp³-hybridized carbons (Fsp3) is 0.250. The summed E-state index contributed by atoms with van der Waals surface area (Å²) in [5, 5.41) is 3.12. The van der Waals surface area contributed by atoms with Crippen LogP contribution in [-0.2, 0) is 6.54 Å². The van der Waals surface area contributed by atoms with Gasteiger partial charge in [0.05, 0.1) is 6.54 Å². The van der Waals surface area contributed by atoms with E-state index in [1.165, 1.54) is 0 Å². The van der Waals surface area contributed by atoms with Crippen molar-refractivity contribution < 1.29 is 8.78 Å². The second kappa shape index (κ2) is 5.11. The molecule has 0 aromatic heterocycles. The van der Waals surface area contributed by atoms with E-state index in [9.17, 15) is 8.78 Å². The average molecular weight is 185 g/mol. The fourth-order valence-electron chi connectivity index (χ4n) is 0.772. The van der Waals surface area contributed by atoms with Gasteiger partial charge in [0, 0.05) is 4.91 Å². The molecule has 1 rings (SSSR count). The highest BCUT2D eigenvalue weighted by Crippen LogP contribution is 2.10. The summed E-state index contributed by atoms with van der Waals surface area (Å²) in [7, 11) is 0. The van der Waals surface area contributed by atoms with E-state index in [-0.39, 0.29) is 19.5 Å². The first kappa shape index (κ1) is 11.4. The van der Waals surface area contributed by atoms with Crippen LogP contribution in [0.15, 0.2) is 23.3 Å². The van der Waals surface area contributed by atoms with Gasteiger partial charge in [-0.05, 0) is 29.3 Å². The molecule has 3 nitrogen and oxygen atoms in total. The number of hydrogen-bond acceptors (Lipinski definition) is 1. The Labute approximate surface area is 74.6 Å². The monoisotopic (exact) mass is 185 g/mol. The predicted molar refractivity (Wildman–Crippen MR) is 45.9 cm³/mol. The molecule has 1 aromatic carbocycles. The highest BCUT2D eigenvalue weighted by Gasteiger charge is 2.01. The quantitative estimate of drug-likeness (QED) is 0.385. The zero-order valence-corrected chi connectivity index (χ0v) is 6.04. The Morgan fingerprint density at radius 3 is 2.69 bits per heavy atom. The van der Waals surface area contributed by atoms with Gasteiger partial charge in [-0.2, -0.15) is 0 Å². The number of halogens is 2. The molecule has 13 heavy (non-hydrogen) atoms. The van der Waals surface area contributed by atoms with Crippen LogP contribution >= 0.6 is 0 Å². The molecule has 0 aliphatic carbocycles. The van der Waals surface area contributed by atoms with Crippen LogP contribution in [0.2, 0.25) is 0 Å². The molecule has 0 radical (unpaired) electrons. The van der Waals surface area contributed by atoms with Crippen LogP contribution in [0, 0.1) is 11.6 Å². The highest BCUT2D eigenvalue weighted by molar-refractivity contribution is 5.18. The lowest BCUT2D eigenvalue weighted by atomic mass is 10.2. The largest absolute Gasteiger partial charge is 0.207 e. The Hall–Kier alpha value is -1.61. The minimum atomic E-state index is -0.566. The maximum atomic E-state index is 12.7. The molecule has 0 aliphatic rings. The second-order valence-electron chi connectivity index (χ2n) is 2.12. The standard InChI is InChI=1S/C7H5F2N3.CH4/c8-6-1-2-7(9)5(3-6)4-11-12-10;/h1-3H,4H2;1H4. The molecule has 0 spiro atoms. The summed E-state index contributed by atoms with van der Waals surface area (Å²) in [5.74, 6) is -1.11. The van der Waals surface area contributed by atoms with Crippen molar-refractivity contribution in [3.63, 3.8) is 0 Å². The van der Waals surface area contributed by atoms with E-state index in [1.807, 2.05) is 0 Å². The summed E-state index contributed by atoms with van der Waals surface area (Å²) in [5.41, 5.74) is 7.99. The number of rotatable bonds is 2. The highest BCUT2D eigenvalue weighted by atomic mass is 19.1. The van der Waals surface area contributed by atoms with Gasteiger partial charge in [0.25, 0.3) is 0 Å². The van der Waals surface area contributed by atoms with E-state index in [4.69, 9.17) is 5.53 Å². The van der Waals surface area contributed by atoms with Crippen LogP contribution < -0.4 is 0 Å². The van der Waals surface area contributed by atoms with Gasteiger partial charge in [-0.25, -0.2) is 8.78 Å². The van der Waals surface area contributed by atoms with E-state index < -0.39 is 11.6 Å². The molecule has 0 amide bonds. The number of benzene rings is 1. The van der Waals surface area contributed by atoms with Crippen molar-refractivity contribution in [2.75, 3.05) is 0 Å². The molecule has 0 saturated carbocycles. The first-order valence-corrected chi connectivity index (χ1v) is 3.19. The second-order valence-corrected chi connectivity index (χ2v) is 2.12. The molecule has 0 fully saturated rings. The van der Waals surface area contributed by atoms with Crippen LogP contribution in [0.5, 0.6) is 0 Å². The fourth-order valence-corrected chi connectivity index (χ4v) is 0.772. The average Bonchev–Trinajstić information content (AvgIpc) is 2.07. The molecule has 1 aromatic rings. The normalized spacial score (nSPS) is 8.46. The lowest BCUT2D eigenvalue weighted by molar-refractivity contribution is 0.585. The van der Waals surface area contributed by atoms with Gasteiger partial charge in [-0.3, -0.25) is 0 Å². The molecule has 5 heteroatoms. The number of azide groups is 1. The van der Waals surface area contributed by atoms with Crippen molar-refractivity contribution in [2.45, 2.75) is 14.0 Å². The summed E-state index contributed by atoms with van der Waals surface area (Å²) in [4.78, 5) is 2.44. The van der Waals surface area contributed by atoms with E-state index >= 15 is 0 Å². The Morgan fingerprint density at radius 2 is 2.08 bits per heavy atom. The van der Waals surface area contributed by atoms with Crippen molar-refractivity contribution in [1.82, 2.24) is 0 Å². The third kappa shape index (κ3) is 3.09. The zero-order chi connectivity index (χ0) is 8.97. The lowest BCUT2D eigenvalue weighted by Gasteiger charge is -1.97. The first-order chi connectivity index (χ1) is 5.74. The smallest absolute Gasteiger partial charge is 0.126 e. The third-order valence-corrected chi connectivity index (χ3v) is 1.31. The summed E-state index contributed by atoms with van der Waals surface area (Å²) in [6.07, 6.45) is 0. The summed E-state index contributed by atoms with van der Waals surface area (Å²) in [6, 6.07) is 3.01. The van der Waals surface area contributed by atoms with E-state index in [0.717, 1.165) is 18.2 Å². The number of hydrogen-bond donors (Lipinski definition) is 0. The zero-order valence-electron chi connectivity index (χ0n) is 6.04. The molecule has 0 unspecified atom stereocenters. The van der Waals surface area contributed by atoms with Gasteiger partial charge in [-0.1, -0.05) is 12.5 Å². The molecule has 70 valence electrons. The van der Waals surface area contributed by atoms with Gasteiger partial charge in [0.2, 0.25) is 0 Å². The summed E-state index contributed by atoms with van der Waals surface area (Å²) in [6.45, 7) is -0.167.